The fourth-order valence-corrected chi connectivity index (χ4v) is 13.8. The van der Waals surface area contributed by atoms with Crippen LogP contribution in [-0.4, -0.2) is 32.7 Å². The molecule has 76 heavy (non-hydrogen) atoms. The summed E-state index contributed by atoms with van der Waals surface area (Å²) in [6.45, 7) is 15.4. The van der Waals surface area contributed by atoms with Gasteiger partial charge in [0, 0.05) is 53.6 Å². The molecule has 0 aliphatic carbocycles. The maximum Gasteiger partial charge on any atom is 0.327 e. The van der Waals surface area contributed by atoms with E-state index in [1.807, 2.05) is 6.07 Å². The first-order valence-electron chi connectivity index (χ1n) is 25.6. The van der Waals surface area contributed by atoms with Crippen LogP contribution in [0.25, 0.3) is 59.7 Å². The summed E-state index contributed by atoms with van der Waals surface area (Å²) in [4.78, 5) is 17.8. The Labute approximate surface area is 451 Å². The van der Waals surface area contributed by atoms with Crippen molar-refractivity contribution < 1.29 is 0 Å². The molecule has 2 aliphatic rings. The third kappa shape index (κ3) is 7.75. The van der Waals surface area contributed by atoms with Gasteiger partial charge in [0.1, 0.15) is 21.7 Å². The summed E-state index contributed by atoms with van der Waals surface area (Å²) in [5, 5.41) is 21.2. The summed E-state index contributed by atoms with van der Waals surface area (Å²) in [6.07, 6.45) is 0. The molecular weight excluding hydrogens is 963 g/mol. The van der Waals surface area contributed by atoms with Gasteiger partial charge in [-0.15, -0.1) is 0 Å². The van der Waals surface area contributed by atoms with Crippen molar-refractivity contribution in [3.8, 4) is 17.3 Å². The lowest BCUT2D eigenvalue weighted by molar-refractivity contribution is 0.810. The van der Waals surface area contributed by atoms with E-state index in [1.165, 1.54) is 0 Å². The Bertz CT molecular complexity index is 4200. The van der Waals surface area contributed by atoms with E-state index in [4.69, 9.17) is 14.8 Å². The Morgan fingerprint density at radius 3 is 1.43 bits per heavy atom. The average molecular weight is 1010 g/mol. The lowest BCUT2D eigenvalue weighted by Gasteiger charge is -2.26. The first kappa shape index (κ1) is 47.0. The molecule has 0 unspecified atom stereocenters. The van der Waals surface area contributed by atoms with E-state index >= 15 is 0 Å². The smallest absolute Gasteiger partial charge is 0.327 e. The van der Waals surface area contributed by atoms with Gasteiger partial charge in [-0.3, -0.25) is 4.99 Å². The third-order valence-electron chi connectivity index (χ3n) is 14.8. The minimum absolute atomic E-state index is 0.143. The Balaban J connectivity index is 1.34. The number of hydrogen-bond donors (Lipinski definition) is 0. The summed E-state index contributed by atoms with van der Waals surface area (Å²) in [5.74, 6) is -0.143. The quantitative estimate of drug-likeness (QED) is 0.101. The Kier molecular flexibility index (Phi) is 12.0. The van der Waals surface area contributed by atoms with E-state index in [-0.39, 0.29) is 5.92 Å². The van der Waals surface area contributed by atoms with E-state index in [0.717, 1.165) is 109 Å². The number of hydrogen-bond acceptors (Lipinski definition) is 5. The van der Waals surface area contributed by atoms with Crippen LogP contribution in [0.2, 0.25) is 0 Å². The maximum absolute atomic E-state index is 12.3. The monoisotopic (exact) mass is 1010 g/mol. The van der Waals surface area contributed by atoms with Crippen LogP contribution in [0.15, 0.2) is 238 Å². The fraction of sp³-hybridized carbons (Fsp3) is 0.0606. The predicted octanol–water partition coefficient (Wildman–Crippen LogP) is 12.5. The van der Waals surface area contributed by atoms with Crippen LogP contribution in [0.3, 0.4) is 0 Å². The number of nitriles is 1. The summed E-state index contributed by atoms with van der Waals surface area (Å²) in [5.41, 5.74) is 10.7. The van der Waals surface area contributed by atoms with Crippen molar-refractivity contribution in [3.05, 3.63) is 252 Å². The molecule has 9 aromatic carbocycles. The normalized spacial score (nSPS) is 13.5. The number of aromatic nitrogens is 2. The highest BCUT2D eigenvalue weighted by Crippen LogP contribution is 2.45. The minimum Gasteiger partial charge on any atom is -0.384 e. The SMILES string of the molecule is [C-]#[N+]/C(C1=Nc2cccc3cccc(c23)S1)=c1\c2c(C(C)C)n(B(c3ccccc3)c3ccccc3)/c(=C(/C#N)C3=Nc4cccc5cccc(c45)S3)c2c(-c2ccccc2C)n1B(c1ccccc1)c1ccccc1. The third-order valence-corrected chi connectivity index (χ3v) is 16.9. The number of rotatable bonds is 10. The molecule has 0 bridgehead atoms. The molecule has 6 nitrogen and oxygen atoms in total. The molecule has 358 valence electrons. The van der Waals surface area contributed by atoms with Gasteiger partial charge in [-0.05, 0) is 53.4 Å². The fourth-order valence-electron chi connectivity index (χ4n) is 11.6. The molecule has 10 heteroatoms. The Morgan fingerprint density at radius 1 is 0.513 bits per heavy atom. The van der Waals surface area contributed by atoms with Gasteiger partial charge in [0.05, 0.1) is 23.3 Å². The van der Waals surface area contributed by atoms with Gasteiger partial charge in [0.25, 0.3) is 0 Å². The Morgan fingerprint density at radius 2 is 0.961 bits per heavy atom. The van der Waals surface area contributed by atoms with Gasteiger partial charge < -0.3 is 8.96 Å². The molecule has 11 aromatic rings. The number of aryl methyl sites for hydroxylation is 1. The highest BCUT2D eigenvalue weighted by Gasteiger charge is 2.38. The van der Waals surface area contributed by atoms with E-state index in [1.54, 1.807) is 23.5 Å². The molecule has 4 heterocycles. The van der Waals surface area contributed by atoms with E-state index in [0.29, 0.717) is 21.4 Å². The average Bonchev–Trinajstić information content (AvgIpc) is 4.16. The van der Waals surface area contributed by atoms with Gasteiger partial charge in [0.2, 0.25) is 5.70 Å². The molecule has 0 atom stereocenters. The summed E-state index contributed by atoms with van der Waals surface area (Å²) in [6, 6.07) is 79.2. The van der Waals surface area contributed by atoms with Gasteiger partial charge in [0.15, 0.2) is 0 Å². The maximum atomic E-state index is 12.3. The molecule has 0 saturated carbocycles. The van der Waals surface area contributed by atoms with Crippen LogP contribution in [-0.2, 0) is 0 Å². The largest absolute Gasteiger partial charge is 0.384 e. The number of nitrogens with zero attached hydrogens (tertiary/aromatic N) is 6. The lowest BCUT2D eigenvalue weighted by Crippen LogP contribution is -2.55. The predicted molar refractivity (Wildman–Crippen MR) is 323 cm³/mol. The van der Waals surface area contributed by atoms with E-state index < -0.39 is 13.7 Å². The van der Waals surface area contributed by atoms with Crippen LogP contribution in [0.5, 0.6) is 0 Å². The number of aliphatic imine (C=N–C) groups is 2. The van der Waals surface area contributed by atoms with Gasteiger partial charge in [-0.1, -0.05) is 253 Å². The number of thioether (sulfide) groups is 2. The summed E-state index contributed by atoms with van der Waals surface area (Å²) in [7, 11) is 0. The zero-order valence-electron chi connectivity index (χ0n) is 42.0. The van der Waals surface area contributed by atoms with Gasteiger partial charge >= 0.3 is 13.7 Å². The standard InChI is InChI=1S/C66H46B2N6S2/c1-42(2)61-58-59(63(73(61)67(46-28-9-5-10-29-46)47-30-11-6-12-31-47)51(41-69)65-71-52-37-19-24-44-26-21-39-54(75-65)56(44)52)62(50-36-18-17-23-43(50)3)74(68(48-32-13-7-14-33-48)49-34-15-8-16-35-49)64(58)60(70-4)66-72-53-38-20-25-45-27-22-40-55(76-66)57(45)53/h5-40,42H,1-3H3/b63-51-,64-60+. The second-order valence-corrected chi connectivity index (χ2v) is 21.6. The first-order chi connectivity index (χ1) is 37.4. The van der Waals surface area contributed by atoms with Crippen molar-refractivity contribution in [2.75, 3.05) is 0 Å². The molecule has 0 amide bonds. The van der Waals surface area contributed by atoms with E-state index in [2.05, 4.69) is 248 Å². The first-order valence-corrected chi connectivity index (χ1v) is 27.2. The molecule has 0 fully saturated rings. The van der Waals surface area contributed by atoms with Crippen LogP contribution < -0.4 is 32.5 Å². The zero-order valence-corrected chi connectivity index (χ0v) is 43.6. The highest BCUT2D eigenvalue weighted by atomic mass is 32.2. The van der Waals surface area contributed by atoms with Crippen LogP contribution in [0.1, 0.15) is 31.0 Å². The zero-order chi connectivity index (χ0) is 51.4. The van der Waals surface area contributed by atoms with Gasteiger partial charge in [-0.2, -0.15) is 5.26 Å². The van der Waals surface area contributed by atoms with Crippen LogP contribution >= 0.6 is 23.5 Å². The van der Waals surface area contributed by atoms with Crippen LogP contribution in [0.4, 0.5) is 11.4 Å². The summed E-state index contributed by atoms with van der Waals surface area (Å²) >= 11 is 3.10. The van der Waals surface area contributed by atoms with Crippen molar-refractivity contribution in [2.45, 2.75) is 36.5 Å². The minimum atomic E-state index is -0.446. The van der Waals surface area contributed by atoms with Crippen molar-refractivity contribution >= 4 is 124 Å². The number of benzene rings is 9. The second-order valence-electron chi connectivity index (χ2n) is 19.6. The molecule has 0 N–H and O–H groups in total. The molecule has 0 saturated heterocycles. The van der Waals surface area contributed by atoms with Crippen LogP contribution in [0, 0.1) is 24.8 Å². The molecule has 2 aliphatic heterocycles. The number of fused-ring (bicyclic) bond motifs is 1. The van der Waals surface area contributed by atoms with Crippen molar-refractivity contribution in [1.82, 2.24) is 8.96 Å². The summed E-state index contributed by atoms with van der Waals surface area (Å²) < 4.78 is 4.89. The molecule has 2 aromatic heterocycles. The van der Waals surface area contributed by atoms with E-state index in [9.17, 15) is 11.8 Å². The molecular formula is C66H46B2N6S2. The topological polar surface area (TPSA) is 62.7 Å². The van der Waals surface area contributed by atoms with Gasteiger partial charge in [-0.25, -0.2) is 9.84 Å². The van der Waals surface area contributed by atoms with Crippen molar-refractivity contribution in [1.29, 1.82) is 5.26 Å². The van der Waals surface area contributed by atoms with Crippen molar-refractivity contribution in [2.24, 2.45) is 9.98 Å². The van der Waals surface area contributed by atoms with Crippen molar-refractivity contribution in [3.63, 3.8) is 0 Å². The highest BCUT2D eigenvalue weighted by molar-refractivity contribution is 8.15. The Hall–Kier alpha value is -8.79. The molecule has 0 radical (unpaired) electrons. The molecule has 0 spiro atoms. The lowest BCUT2D eigenvalue weighted by atomic mass is 9.50. The second kappa shape index (κ2) is 19.5. The molecule has 13 rings (SSSR count).